The molecule has 0 aliphatic heterocycles. The van der Waals surface area contributed by atoms with E-state index in [1.165, 1.54) is 5.56 Å². The van der Waals surface area contributed by atoms with Crippen molar-refractivity contribution in [1.82, 2.24) is 4.90 Å². The maximum atomic E-state index is 11.6. The van der Waals surface area contributed by atoms with E-state index >= 15 is 0 Å². The number of ether oxygens (including phenoxy) is 1. The SMILES string of the molecule is C#Cc1ccc(C2(COC(=O)CN(C)C)CC2)cc1. The van der Waals surface area contributed by atoms with Gasteiger partial charge in [0, 0.05) is 11.0 Å². The van der Waals surface area contributed by atoms with E-state index in [4.69, 9.17) is 11.2 Å². The maximum absolute atomic E-state index is 11.6. The summed E-state index contributed by atoms with van der Waals surface area (Å²) in [6.07, 6.45) is 7.48. The number of benzene rings is 1. The largest absolute Gasteiger partial charge is 0.464 e. The van der Waals surface area contributed by atoms with Gasteiger partial charge in [-0.3, -0.25) is 9.69 Å². The van der Waals surface area contributed by atoms with E-state index in [1.54, 1.807) is 0 Å². The number of esters is 1. The van der Waals surface area contributed by atoms with E-state index in [2.05, 4.69) is 5.92 Å². The van der Waals surface area contributed by atoms with Gasteiger partial charge >= 0.3 is 5.97 Å². The predicted molar refractivity (Wildman–Crippen MR) is 74.8 cm³/mol. The van der Waals surface area contributed by atoms with Crippen LogP contribution in [0.3, 0.4) is 0 Å². The fourth-order valence-electron chi connectivity index (χ4n) is 2.11. The number of hydrogen-bond acceptors (Lipinski definition) is 3. The summed E-state index contributed by atoms with van der Waals surface area (Å²) in [6.45, 7) is 0.793. The molecular formula is C16H19NO2. The van der Waals surface area contributed by atoms with Gasteiger partial charge in [-0.25, -0.2) is 0 Å². The van der Waals surface area contributed by atoms with Crippen molar-refractivity contribution in [3.05, 3.63) is 35.4 Å². The van der Waals surface area contributed by atoms with Crippen molar-refractivity contribution >= 4 is 5.97 Å². The van der Waals surface area contributed by atoms with Crippen LogP contribution in [-0.2, 0) is 14.9 Å². The molecule has 3 heteroatoms. The third-order valence-electron chi connectivity index (χ3n) is 3.47. The van der Waals surface area contributed by atoms with Crippen LogP contribution in [0.15, 0.2) is 24.3 Å². The lowest BCUT2D eigenvalue weighted by atomic mass is 9.96. The van der Waals surface area contributed by atoms with Crippen molar-refractivity contribution in [2.75, 3.05) is 27.2 Å². The van der Waals surface area contributed by atoms with Gasteiger partial charge in [0.2, 0.25) is 0 Å². The number of carbonyl (C=O) groups excluding carboxylic acids is 1. The lowest BCUT2D eigenvalue weighted by Gasteiger charge is -2.17. The van der Waals surface area contributed by atoms with Crippen LogP contribution < -0.4 is 0 Å². The van der Waals surface area contributed by atoms with Gasteiger partial charge in [0.25, 0.3) is 0 Å². The van der Waals surface area contributed by atoms with Gasteiger partial charge in [-0.05, 0) is 44.6 Å². The molecule has 0 radical (unpaired) electrons. The highest BCUT2D eigenvalue weighted by atomic mass is 16.5. The summed E-state index contributed by atoms with van der Waals surface area (Å²) in [5, 5.41) is 0. The van der Waals surface area contributed by atoms with Gasteiger partial charge < -0.3 is 4.74 Å². The zero-order valence-corrected chi connectivity index (χ0v) is 11.5. The number of carbonyl (C=O) groups is 1. The van der Waals surface area contributed by atoms with Crippen molar-refractivity contribution in [3.8, 4) is 12.3 Å². The Hall–Kier alpha value is -1.79. The topological polar surface area (TPSA) is 29.5 Å². The van der Waals surface area contributed by atoms with Crippen LogP contribution in [0.5, 0.6) is 0 Å². The highest BCUT2D eigenvalue weighted by molar-refractivity contribution is 5.71. The third-order valence-corrected chi connectivity index (χ3v) is 3.47. The van der Waals surface area contributed by atoms with E-state index in [1.807, 2.05) is 43.3 Å². The standard InChI is InChI=1S/C16H19NO2/c1-4-13-5-7-14(8-6-13)16(9-10-16)12-19-15(18)11-17(2)3/h1,5-8H,9-12H2,2-3H3. The van der Waals surface area contributed by atoms with Gasteiger partial charge in [-0.15, -0.1) is 6.42 Å². The van der Waals surface area contributed by atoms with Crippen molar-refractivity contribution in [3.63, 3.8) is 0 Å². The zero-order chi connectivity index (χ0) is 13.9. The number of rotatable bonds is 5. The van der Waals surface area contributed by atoms with Crippen LogP contribution in [-0.4, -0.2) is 38.1 Å². The molecule has 1 saturated carbocycles. The van der Waals surface area contributed by atoms with Crippen LogP contribution in [0, 0.1) is 12.3 Å². The number of nitrogens with zero attached hydrogens (tertiary/aromatic N) is 1. The van der Waals surface area contributed by atoms with E-state index in [0.717, 1.165) is 18.4 Å². The Bertz CT molecular complexity index is 492. The Morgan fingerprint density at radius 1 is 1.37 bits per heavy atom. The fourth-order valence-corrected chi connectivity index (χ4v) is 2.11. The minimum atomic E-state index is -0.170. The number of terminal acetylenes is 1. The lowest BCUT2D eigenvalue weighted by molar-refractivity contribution is -0.145. The summed E-state index contributed by atoms with van der Waals surface area (Å²) in [7, 11) is 3.71. The van der Waals surface area contributed by atoms with Gasteiger partial charge in [0.1, 0.15) is 6.61 Å². The lowest BCUT2D eigenvalue weighted by Crippen LogP contribution is -2.26. The molecule has 100 valence electrons. The Morgan fingerprint density at radius 3 is 2.47 bits per heavy atom. The normalized spacial score (nSPS) is 15.9. The molecule has 0 N–H and O–H groups in total. The second-order valence-electron chi connectivity index (χ2n) is 5.40. The average Bonchev–Trinajstić information content (AvgIpc) is 3.17. The molecule has 0 spiro atoms. The van der Waals surface area contributed by atoms with Crippen LogP contribution in [0.1, 0.15) is 24.0 Å². The molecule has 0 atom stereocenters. The predicted octanol–water partition coefficient (Wildman–Crippen LogP) is 1.80. The highest BCUT2D eigenvalue weighted by Crippen LogP contribution is 2.48. The first kappa shape index (κ1) is 13.6. The van der Waals surface area contributed by atoms with Gasteiger partial charge in [-0.2, -0.15) is 0 Å². The Morgan fingerprint density at radius 2 is 2.00 bits per heavy atom. The van der Waals surface area contributed by atoms with Crippen molar-refractivity contribution in [2.24, 2.45) is 0 Å². The average molecular weight is 257 g/mol. The molecule has 1 aliphatic carbocycles. The van der Waals surface area contributed by atoms with Crippen LogP contribution >= 0.6 is 0 Å². The molecule has 0 saturated heterocycles. The van der Waals surface area contributed by atoms with Crippen molar-refractivity contribution in [2.45, 2.75) is 18.3 Å². The molecule has 1 aromatic carbocycles. The minimum Gasteiger partial charge on any atom is -0.464 e. The molecule has 3 nitrogen and oxygen atoms in total. The van der Waals surface area contributed by atoms with Crippen molar-refractivity contribution in [1.29, 1.82) is 0 Å². The Balaban J connectivity index is 1.95. The number of likely N-dealkylation sites (N-methyl/N-ethyl adjacent to an activating group) is 1. The quantitative estimate of drug-likeness (QED) is 0.595. The zero-order valence-electron chi connectivity index (χ0n) is 11.5. The molecule has 1 aliphatic rings. The molecule has 0 unspecified atom stereocenters. The molecule has 0 heterocycles. The molecule has 19 heavy (non-hydrogen) atoms. The number of hydrogen-bond donors (Lipinski definition) is 0. The summed E-state index contributed by atoms with van der Waals surface area (Å²) >= 11 is 0. The summed E-state index contributed by atoms with van der Waals surface area (Å²) in [6, 6.07) is 7.97. The van der Waals surface area contributed by atoms with Crippen molar-refractivity contribution < 1.29 is 9.53 Å². The summed E-state index contributed by atoms with van der Waals surface area (Å²) in [5.74, 6) is 2.44. The van der Waals surface area contributed by atoms with Crippen LogP contribution in [0.25, 0.3) is 0 Å². The van der Waals surface area contributed by atoms with Crippen LogP contribution in [0.2, 0.25) is 0 Å². The second kappa shape index (κ2) is 5.46. The first-order valence-corrected chi connectivity index (χ1v) is 6.43. The second-order valence-corrected chi connectivity index (χ2v) is 5.40. The van der Waals surface area contributed by atoms with Crippen LogP contribution in [0.4, 0.5) is 0 Å². The Kier molecular flexibility index (Phi) is 3.92. The smallest absolute Gasteiger partial charge is 0.320 e. The van der Waals surface area contributed by atoms with E-state index in [9.17, 15) is 4.79 Å². The molecule has 1 fully saturated rings. The summed E-state index contributed by atoms with van der Waals surface area (Å²) in [5.41, 5.74) is 2.11. The first-order valence-electron chi connectivity index (χ1n) is 6.43. The minimum absolute atomic E-state index is 0.0229. The van der Waals surface area contributed by atoms with Gasteiger partial charge in [0.05, 0.1) is 6.54 Å². The van der Waals surface area contributed by atoms with E-state index in [-0.39, 0.29) is 11.4 Å². The molecule has 2 rings (SSSR count). The molecular weight excluding hydrogens is 238 g/mol. The fraction of sp³-hybridized carbons (Fsp3) is 0.438. The summed E-state index contributed by atoms with van der Waals surface area (Å²) in [4.78, 5) is 13.4. The molecule has 0 amide bonds. The van der Waals surface area contributed by atoms with Gasteiger partial charge in [-0.1, -0.05) is 18.1 Å². The highest BCUT2D eigenvalue weighted by Gasteiger charge is 2.45. The molecule has 1 aromatic rings. The van der Waals surface area contributed by atoms with E-state index < -0.39 is 0 Å². The van der Waals surface area contributed by atoms with E-state index in [0.29, 0.717) is 13.2 Å². The molecule has 0 aromatic heterocycles. The molecule has 0 bridgehead atoms. The summed E-state index contributed by atoms with van der Waals surface area (Å²) < 4.78 is 5.37. The monoisotopic (exact) mass is 257 g/mol. The maximum Gasteiger partial charge on any atom is 0.320 e. The first-order chi connectivity index (χ1) is 9.05. The Labute approximate surface area is 114 Å². The third kappa shape index (κ3) is 3.36. The van der Waals surface area contributed by atoms with Gasteiger partial charge in [0.15, 0.2) is 0 Å².